The largest absolute Gasteiger partial charge is 0.439 e. The molecule has 1 aliphatic carbocycles. The fraction of sp³-hybridized carbons (Fsp3) is 0.500. The van der Waals surface area contributed by atoms with Gasteiger partial charge in [0.2, 0.25) is 0 Å². The van der Waals surface area contributed by atoms with Crippen LogP contribution in [0.25, 0.3) is 6.08 Å². The quantitative estimate of drug-likeness (QED) is 0.218. The number of rotatable bonds is 10. The summed E-state index contributed by atoms with van der Waals surface area (Å²) in [6.45, 7) is 2.12. The van der Waals surface area contributed by atoms with Gasteiger partial charge in [0.15, 0.2) is 11.6 Å². The smallest absolute Gasteiger partial charge is 0.427 e. The van der Waals surface area contributed by atoms with Crippen molar-refractivity contribution in [3.8, 4) is 5.75 Å². The lowest BCUT2D eigenvalue weighted by atomic mass is 9.78. The number of hydrogen-bond acceptors (Lipinski definition) is 1. The molecule has 2 aromatic rings. The van der Waals surface area contributed by atoms with Gasteiger partial charge in [-0.1, -0.05) is 50.1 Å². The summed E-state index contributed by atoms with van der Waals surface area (Å²) in [5, 5.41) is 0. The number of unbranched alkanes of at least 4 members (excludes halogenated alkanes) is 2. The van der Waals surface area contributed by atoms with E-state index >= 15 is 0 Å². The molecule has 9 heteroatoms. The van der Waals surface area contributed by atoms with Crippen LogP contribution in [0.2, 0.25) is 0 Å². The van der Waals surface area contributed by atoms with Crippen molar-refractivity contribution in [3.63, 3.8) is 0 Å². The van der Waals surface area contributed by atoms with Gasteiger partial charge in [-0.3, -0.25) is 0 Å². The lowest BCUT2D eigenvalue weighted by molar-refractivity contribution is -0.305. The molecule has 1 atom stereocenters. The van der Waals surface area contributed by atoms with E-state index in [4.69, 9.17) is 0 Å². The molecule has 0 amide bonds. The fourth-order valence-electron chi connectivity index (χ4n) is 4.60. The molecule has 0 N–H and O–H groups in total. The Hall–Kier alpha value is -2.58. The molecule has 3 rings (SSSR count). The standard InChI is InChI=1S/C28H30F8O/c1-2-3-4-5-19-10-14-22(23(29)16-19)21-12-8-18(9-13-21)6-7-20-11-15-25(24(30)17-20)37-28(35,36)26(31)27(32,33)34/h6-7,10-11,14-18,21,26H,2-5,8-9,12-13H2,1H3. The van der Waals surface area contributed by atoms with Crippen LogP contribution in [0.5, 0.6) is 5.75 Å². The van der Waals surface area contributed by atoms with E-state index in [0.717, 1.165) is 74.6 Å². The van der Waals surface area contributed by atoms with Crippen molar-refractivity contribution in [1.82, 2.24) is 0 Å². The van der Waals surface area contributed by atoms with Crippen molar-refractivity contribution in [1.29, 1.82) is 0 Å². The van der Waals surface area contributed by atoms with E-state index in [1.54, 1.807) is 12.1 Å². The maximum absolute atomic E-state index is 14.7. The van der Waals surface area contributed by atoms with E-state index in [1.165, 1.54) is 6.07 Å². The average Bonchev–Trinajstić information content (AvgIpc) is 2.84. The lowest BCUT2D eigenvalue weighted by Crippen LogP contribution is -2.45. The molecule has 1 fully saturated rings. The molecule has 37 heavy (non-hydrogen) atoms. The molecule has 0 saturated heterocycles. The first kappa shape index (κ1) is 29.0. The Balaban J connectivity index is 1.55. The molecule has 0 spiro atoms. The van der Waals surface area contributed by atoms with Crippen molar-refractivity contribution in [2.24, 2.45) is 5.92 Å². The summed E-state index contributed by atoms with van der Waals surface area (Å²) in [6.07, 6.45) is -5.06. The van der Waals surface area contributed by atoms with Crippen LogP contribution in [0.4, 0.5) is 35.1 Å². The molecular weight excluding hydrogens is 504 g/mol. The van der Waals surface area contributed by atoms with Gasteiger partial charge >= 0.3 is 12.3 Å². The first-order valence-corrected chi connectivity index (χ1v) is 12.4. The van der Waals surface area contributed by atoms with Gasteiger partial charge in [-0.2, -0.15) is 22.0 Å². The monoisotopic (exact) mass is 534 g/mol. The second-order valence-corrected chi connectivity index (χ2v) is 9.54. The predicted molar refractivity (Wildman–Crippen MR) is 126 cm³/mol. The van der Waals surface area contributed by atoms with Crippen LogP contribution in [0.1, 0.15) is 74.5 Å². The Bertz CT molecular complexity index is 1050. The molecule has 0 aliphatic heterocycles. The van der Waals surface area contributed by atoms with Crippen LogP contribution in [-0.4, -0.2) is 18.5 Å². The van der Waals surface area contributed by atoms with Gasteiger partial charge in [0.25, 0.3) is 6.17 Å². The zero-order valence-electron chi connectivity index (χ0n) is 20.4. The van der Waals surface area contributed by atoms with E-state index in [-0.39, 0.29) is 23.2 Å². The van der Waals surface area contributed by atoms with Crippen molar-refractivity contribution in [2.75, 3.05) is 0 Å². The summed E-state index contributed by atoms with van der Waals surface area (Å²) in [7, 11) is 0. The molecule has 0 heterocycles. The SMILES string of the molecule is CCCCCc1ccc(C2CCC(C=Cc3ccc(OC(F)(F)C(F)C(F)(F)F)c(F)c3)CC2)c(F)c1. The minimum absolute atomic E-state index is 0.112. The number of ether oxygens (including phenoxy) is 1. The number of aryl methyl sites for hydroxylation is 1. The zero-order chi connectivity index (χ0) is 27.2. The van der Waals surface area contributed by atoms with Gasteiger partial charge in [-0.25, -0.2) is 13.2 Å². The minimum atomic E-state index is -5.86. The van der Waals surface area contributed by atoms with Crippen molar-refractivity contribution in [3.05, 3.63) is 70.8 Å². The molecule has 0 aromatic heterocycles. The molecule has 0 bridgehead atoms. The summed E-state index contributed by atoms with van der Waals surface area (Å²) < 4.78 is 109. The van der Waals surface area contributed by atoms with Crippen LogP contribution in [0.15, 0.2) is 42.5 Å². The Kier molecular flexibility index (Phi) is 9.64. The van der Waals surface area contributed by atoms with Gasteiger partial charge in [-0.05, 0) is 85.3 Å². The summed E-state index contributed by atoms with van der Waals surface area (Å²) in [6, 6.07) is 8.26. The first-order chi connectivity index (χ1) is 17.4. The lowest BCUT2D eigenvalue weighted by Gasteiger charge is -2.27. The number of alkyl halides is 6. The summed E-state index contributed by atoms with van der Waals surface area (Å²) in [4.78, 5) is 0. The number of hydrogen-bond donors (Lipinski definition) is 0. The average molecular weight is 535 g/mol. The number of allylic oxidation sites excluding steroid dienone is 1. The molecule has 1 saturated carbocycles. The molecule has 1 aliphatic rings. The second kappa shape index (κ2) is 12.3. The van der Waals surface area contributed by atoms with Crippen LogP contribution in [-0.2, 0) is 6.42 Å². The third-order valence-corrected chi connectivity index (χ3v) is 6.69. The van der Waals surface area contributed by atoms with E-state index in [9.17, 15) is 35.1 Å². The van der Waals surface area contributed by atoms with E-state index in [1.807, 2.05) is 18.2 Å². The molecule has 2 aromatic carbocycles. The molecule has 204 valence electrons. The van der Waals surface area contributed by atoms with Crippen molar-refractivity contribution in [2.45, 2.75) is 82.7 Å². The first-order valence-electron chi connectivity index (χ1n) is 12.4. The van der Waals surface area contributed by atoms with Crippen LogP contribution >= 0.6 is 0 Å². The third kappa shape index (κ3) is 7.95. The van der Waals surface area contributed by atoms with Crippen molar-refractivity contribution >= 4 is 6.08 Å². The Morgan fingerprint density at radius 3 is 2.22 bits per heavy atom. The van der Waals surface area contributed by atoms with Gasteiger partial charge < -0.3 is 4.74 Å². The summed E-state index contributed by atoms with van der Waals surface area (Å²) >= 11 is 0. The van der Waals surface area contributed by atoms with Crippen molar-refractivity contribution < 1.29 is 39.9 Å². The highest BCUT2D eigenvalue weighted by molar-refractivity contribution is 5.51. The van der Waals surface area contributed by atoms with E-state index in [0.29, 0.717) is 0 Å². The van der Waals surface area contributed by atoms with E-state index < -0.39 is 30.0 Å². The van der Waals surface area contributed by atoms with E-state index in [2.05, 4.69) is 11.7 Å². The maximum Gasteiger partial charge on any atom is 0.439 e. The van der Waals surface area contributed by atoms with Gasteiger partial charge in [-0.15, -0.1) is 0 Å². The summed E-state index contributed by atoms with van der Waals surface area (Å²) in [5.74, 6) is -2.44. The second-order valence-electron chi connectivity index (χ2n) is 9.54. The zero-order valence-corrected chi connectivity index (χ0v) is 20.4. The molecule has 1 nitrogen and oxygen atoms in total. The third-order valence-electron chi connectivity index (χ3n) is 6.69. The minimum Gasteiger partial charge on any atom is -0.427 e. The van der Waals surface area contributed by atoms with Gasteiger partial charge in [0.05, 0.1) is 0 Å². The van der Waals surface area contributed by atoms with Crippen LogP contribution in [0, 0.1) is 17.6 Å². The Morgan fingerprint density at radius 2 is 1.62 bits per heavy atom. The van der Waals surface area contributed by atoms with Crippen LogP contribution < -0.4 is 4.74 Å². The Labute approximate surface area is 211 Å². The topological polar surface area (TPSA) is 9.23 Å². The highest BCUT2D eigenvalue weighted by Crippen LogP contribution is 2.39. The van der Waals surface area contributed by atoms with Crippen LogP contribution in [0.3, 0.4) is 0 Å². The fourth-order valence-corrected chi connectivity index (χ4v) is 4.60. The highest BCUT2D eigenvalue weighted by Gasteiger charge is 2.59. The van der Waals surface area contributed by atoms with Gasteiger partial charge in [0, 0.05) is 0 Å². The van der Waals surface area contributed by atoms with Gasteiger partial charge in [0.1, 0.15) is 5.82 Å². The molecular formula is C28H30F8O. The molecule has 0 radical (unpaired) electrons. The number of halogens is 8. The normalized spacial score (nSPS) is 19.8. The predicted octanol–water partition coefficient (Wildman–Crippen LogP) is 9.56. The molecule has 1 unspecified atom stereocenters. The number of benzene rings is 2. The Morgan fingerprint density at radius 1 is 0.919 bits per heavy atom. The highest BCUT2D eigenvalue weighted by atomic mass is 19.4. The summed E-state index contributed by atoms with van der Waals surface area (Å²) in [5.41, 5.74) is 2.01. The maximum atomic E-state index is 14.7.